The maximum atomic E-state index is 11.4. The van der Waals surface area contributed by atoms with Crippen LogP contribution in [0.4, 0.5) is 0 Å². The summed E-state index contributed by atoms with van der Waals surface area (Å²) >= 11 is 0.972. The van der Waals surface area contributed by atoms with Crippen molar-refractivity contribution >= 4 is 21.6 Å². The first kappa shape index (κ1) is 11.8. The number of phenolic OH excluding ortho intramolecular Hbond substituents is 1. The van der Waals surface area contributed by atoms with Crippen molar-refractivity contribution in [3.8, 4) is 22.6 Å². The third kappa shape index (κ3) is 2.08. The van der Waals surface area contributed by atoms with Crippen LogP contribution >= 0.6 is 11.3 Å². The Labute approximate surface area is 112 Å². The van der Waals surface area contributed by atoms with Crippen molar-refractivity contribution in [2.45, 2.75) is 0 Å². The van der Waals surface area contributed by atoms with Crippen LogP contribution in [-0.2, 0) is 0 Å². The Morgan fingerprint density at radius 2 is 2.11 bits per heavy atom. The van der Waals surface area contributed by atoms with E-state index in [1.54, 1.807) is 13.2 Å². The predicted octanol–water partition coefficient (Wildman–Crippen LogP) is 3.24. The average Bonchev–Trinajstić information content (AvgIpc) is 2.78. The lowest BCUT2D eigenvalue weighted by molar-refractivity contribution is 0.415. The molecule has 0 amide bonds. The van der Waals surface area contributed by atoms with Gasteiger partial charge in [-0.3, -0.25) is 0 Å². The fourth-order valence-electron chi connectivity index (χ4n) is 1.97. The van der Waals surface area contributed by atoms with Crippen LogP contribution in [0.5, 0.6) is 11.5 Å². The highest BCUT2D eigenvalue weighted by Crippen LogP contribution is 2.35. The first-order chi connectivity index (χ1) is 9.17. The summed E-state index contributed by atoms with van der Waals surface area (Å²) in [5.74, 6) is 0.800. The van der Waals surface area contributed by atoms with Gasteiger partial charge in [0.05, 0.1) is 11.8 Å². The number of fused-ring (bicyclic) bond motifs is 1. The summed E-state index contributed by atoms with van der Waals surface area (Å²) in [7, 11) is 1.59. The Bertz CT molecular complexity index is 801. The number of benzene rings is 2. The van der Waals surface area contributed by atoms with Crippen LogP contribution in [0.15, 0.2) is 45.6 Å². The Balaban J connectivity index is 2.31. The zero-order valence-corrected chi connectivity index (χ0v) is 10.9. The summed E-state index contributed by atoms with van der Waals surface area (Å²) in [4.78, 5) is 11.0. The van der Waals surface area contributed by atoms with Gasteiger partial charge >= 0.3 is 4.94 Å². The Hall–Kier alpha value is -2.27. The second-order valence-corrected chi connectivity index (χ2v) is 4.98. The van der Waals surface area contributed by atoms with Crippen molar-refractivity contribution in [2.24, 2.45) is 0 Å². The van der Waals surface area contributed by atoms with E-state index in [0.29, 0.717) is 21.6 Å². The third-order valence-electron chi connectivity index (χ3n) is 2.80. The van der Waals surface area contributed by atoms with Gasteiger partial charge in [-0.2, -0.15) is 0 Å². The Kier molecular flexibility index (Phi) is 2.76. The van der Waals surface area contributed by atoms with Crippen LogP contribution in [-0.4, -0.2) is 12.2 Å². The monoisotopic (exact) mass is 274 g/mol. The number of ether oxygens (including phenoxy) is 1. The molecule has 5 heteroatoms. The van der Waals surface area contributed by atoms with Crippen molar-refractivity contribution in [1.82, 2.24) is 0 Å². The molecule has 0 saturated heterocycles. The largest absolute Gasteiger partial charge is 0.508 e. The third-order valence-corrected chi connectivity index (χ3v) is 3.57. The number of phenols is 1. The molecule has 3 aromatic rings. The molecule has 0 aliphatic carbocycles. The average molecular weight is 274 g/mol. The number of rotatable bonds is 2. The van der Waals surface area contributed by atoms with Crippen LogP contribution in [0.25, 0.3) is 21.4 Å². The summed E-state index contributed by atoms with van der Waals surface area (Å²) in [6, 6.07) is 10.5. The summed E-state index contributed by atoms with van der Waals surface area (Å²) in [5.41, 5.74) is 1.98. The van der Waals surface area contributed by atoms with Crippen molar-refractivity contribution in [3.63, 3.8) is 0 Å². The highest BCUT2D eigenvalue weighted by molar-refractivity contribution is 7.16. The molecule has 19 heavy (non-hydrogen) atoms. The smallest absolute Gasteiger partial charge is 0.396 e. The topological polar surface area (TPSA) is 59.7 Å². The molecule has 0 aliphatic heterocycles. The van der Waals surface area contributed by atoms with Crippen LogP contribution in [0.1, 0.15) is 0 Å². The SMILES string of the molecule is COc1cccc(-c2cc(O)cc3sc(=O)oc23)c1. The minimum atomic E-state index is -0.384. The molecule has 0 aliphatic rings. The van der Waals surface area contributed by atoms with Gasteiger partial charge in [-0.15, -0.1) is 0 Å². The van der Waals surface area contributed by atoms with Gasteiger partial charge in [0, 0.05) is 11.6 Å². The molecule has 4 nitrogen and oxygen atoms in total. The maximum Gasteiger partial charge on any atom is 0.396 e. The van der Waals surface area contributed by atoms with Gasteiger partial charge in [-0.05, 0) is 23.8 Å². The fraction of sp³-hybridized carbons (Fsp3) is 0.0714. The number of methoxy groups -OCH3 is 1. The summed E-state index contributed by atoms with van der Waals surface area (Å²) < 4.78 is 11.0. The van der Waals surface area contributed by atoms with Crippen LogP contribution in [0.3, 0.4) is 0 Å². The van der Waals surface area contributed by atoms with E-state index in [0.717, 1.165) is 16.9 Å². The lowest BCUT2D eigenvalue weighted by Gasteiger charge is -2.05. The molecule has 0 atom stereocenters. The van der Waals surface area contributed by atoms with Gasteiger partial charge in [-0.1, -0.05) is 23.5 Å². The van der Waals surface area contributed by atoms with Crippen LogP contribution in [0.2, 0.25) is 0 Å². The van der Waals surface area contributed by atoms with Crippen molar-refractivity contribution in [2.75, 3.05) is 7.11 Å². The molecule has 0 unspecified atom stereocenters. The number of hydrogen-bond donors (Lipinski definition) is 1. The van der Waals surface area contributed by atoms with Gasteiger partial charge in [-0.25, -0.2) is 4.79 Å². The second kappa shape index (κ2) is 4.44. The maximum absolute atomic E-state index is 11.4. The summed E-state index contributed by atoms with van der Waals surface area (Å²) in [5, 5.41) is 9.74. The van der Waals surface area contributed by atoms with Gasteiger partial charge < -0.3 is 14.3 Å². The van der Waals surface area contributed by atoms with E-state index in [2.05, 4.69) is 0 Å². The minimum absolute atomic E-state index is 0.0994. The highest BCUT2D eigenvalue weighted by Gasteiger charge is 2.12. The Morgan fingerprint density at radius 1 is 1.26 bits per heavy atom. The second-order valence-electron chi connectivity index (χ2n) is 4.01. The molecule has 0 bridgehead atoms. The molecule has 0 radical (unpaired) electrons. The molecule has 2 aromatic carbocycles. The van der Waals surface area contributed by atoms with E-state index in [4.69, 9.17) is 9.15 Å². The number of aromatic hydroxyl groups is 1. The standard InChI is InChI=1S/C14H10O4S/c1-17-10-4-2-3-8(5-10)11-6-9(15)7-12-13(11)18-14(16)19-12/h2-7,15H,1H3. The van der Waals surface area contributed by atoms with E-state index >= 15 is 0 Å². The molecule has 0 saturated carbocycles. The summed E-state index contributed by atoms with van der Waals surface area (Å²) in [6.45, 7) is 0. The van der Waals surface area contributed by atoms with E-state index < -0.39 is 0 Å². The Morgan fingerprint density at radius 3 is 2.89 bits per heavy atom. The molecule has 1 heterocycles. The van der Waals surface area contributed by atoms with Gasteiger partial charge in [0.15, 0.2) is 5.58 Å². The number of hydrogen-bond acceptors (Lipinski definition) is 5. The van der Waals surface area contributed by atoms with E-state index in [1.807, 2.05) is 24.3 Å². The van der Waals surface area contributed by atoms with E-state index in [9.17, 15) is 9.90 Å². The minimum Gasteiger partial charge on any atom is -0.508 e. The quantitative estimate of drug-likeness (QED) is 0.779. The zero-order valence-electron chi connectivity index (χ0n) is 10.0. The molecule has 96 valence electrons. The summed E-state index contributed by atoms with van der Waals surface area (Å²) in [6.07, 6.45) is 0. The molecular formula is C14H10O4S. The van der Waals surface area contributed by atoms with Gasteiger partial charge in [0.1, 0.15) is 11.5 Å². The zero-order chi connectivity index (χ0) is 13.4. The fourth-order valence-corrected chi connectivity index (χ4v) is 2.70. The molecule has 3 rings (SSSR count). The normalized spacial score (nSPS) is 10.8. The predicted molar refractivity (Wildman–Crippen MR) is 74.0 cm³/mol. The molecular weight excluding hydrogens is 264 g/mol. The van der Waals surface area contributed by atoms with Crippen LogP contribution in [0, 0.1) is 0 Å². The molecule has 1 N–H and O–H groups in total. The first-order valence-corrected chi connectivity index (χ1v) is 6.40. The van der Waals surface area contributed by atoms with E-state index in [1.165, 1.54) is 6.07 Å². The lowest BCUT2D eigenvalue weighted by Crippen LogP contribution is -1.85. The van der Waals surface area contributed by atoms with Gasteiger partial charge in [0.2, 0.25) is 0 Å². The molecule has 0 fully saturated rings. The first-order valence-electron chi connectivity index (χ1n) is 5.58. The lowest BCUT2D eigenvalue weighted by atomic mass is 10.0. The van der Waals surface area contributed by atoms with Crippen molar-refractivity contribution in [3.05, 3.63) is 46.1 Å². The van der Waals surface area contributed by atoms with Gasteiger partial charge in [0.25, 0.3) is 0 Å². The van der Waals surface area contributed by atoms with Crippen LogP contribution < -0.4 is 9.68 Å². The molecule has 1 aromatic heterocycles. The van der Waals surface area contributed by atoms with Crippen molar-refractivity contribution in [1.29, 1.82) is 0 Å². The molecule has 0 spiro atoms. The van der Waals surface area contributed by atoms with Crippen molar-refractivity contribution < 1.29 is 14.3 Å². The highest BCUT2D eigenvalue weighted by atomic mass is 32.1. The van der Waals surface area contributed by atoms with E-state index in [-0.39, 0.29) is 10.7 Å².